The lowest BCUT2D eigenvalue weighted by atomic mass is 9.91. The van der Waals surface area contributed by atoms with Crippen molar-refractivity contribution >= 4 is 33.3 Å². The Bertz CT molecular complexity index is 973. The number of carbonyl (C=O) groups is 1. The summed E-state index contributed by atoms with van der Waals surface area (Å²) in [6, 6.07) is 13.8. The SMILES string of the molecule is CS(=O)(=O)c1ccc(C(=C2C=COC2C=O)c2cccc(Cl)c2)cc1. The molecule has 6 heteroatoms. The largest absolute Gasteiger partial charge is 0.486 e. The second-order valence-electron chi connectivity index (χ2n) is 5.63. The second kappa shape index (κ2) is 6.86. The van der Waals surface area contributed by atoms with Crippen LogP contribution in [0.5, 0.6) is 0 Å². The van der Waals surface area contributed by atoms with Crippen LogP contribution in [0.25, 0.3) is 5.57 Å². The average molecular weight is 375 g/mol. The molecule has 0 bridgehead atoms. The molecule has 0 saturated carbocycles. The number of rotatable bonds is 4. The predicted octanol–water partition coefficient (Wildman–Crippen LogP) is 3.66. The van der Waals surface area contributed by atoms with Crippen molar-refractivity contribution in [3.63, 3.8) is 0 Å². The van der Waals surface area contributed by atoms with Crippen LogP contribution in [0, 0.1) is 0 Å². The maximum absolute atomic E-state index is 11.7. The van der Waals surface area contributed by atoms with Crippen molar-refractivity contribution in [2.24, 2.45) is 0 Å². The van der Waals surface area contributed by atoms with Gasteiger partial charge in [0.2, 0.25) is 0 Å². The molecular weight excluding hydrogens is 360 g/mol. The second-order valence-corrected chi connectivity index (χ2v) is 8.08. The Morgan fingerprint density at radius 1 is 1.12 bits per heavy atom. The molecule has 0 amide bonds. The molecule has 1 atom stereocenters. The molecule has 0 aromatic heterocycles. The standard InChI is InChI=1S/C19H15ClO4S/c1-25(22,23)16-7-5-13(6-8-16)19(14-3-2-4-15(20)11-14)17-9-10-24-18(17)12-21/h2-12,18H,1H3. The summed E-state index contributed by atoms with van der Waals surface area (Å²) in [7, 11) is -3.28. The first-order valence-electron chi connectivity index (χ1n) is 7.48. The number of ether oxygens (including phenoxy) is 1. The van der Waals surface area contributed by atoms with Crippen molar-refractivity contribution < 1.29 is 17.9 Å². The smallest absolute Gasteiger partial charge is 0.178 e. The van der Waals surface area contributed by atoms with Crippen molar-refractivity contribution in [1.82, 2.24) is 0 Å². The van der Waals surface area contributed by atoms with Crippen LogP contribution in [-0.4, -0.2) is 27.1 Å². The van der Waals surface area contributed by atoms with Gasteiger partial charge >= 0.3 is 0 Å². The van der Waals surface area contributed by atoms with Crippen LogP contribution in [0.2, 0.25) is 5.02 Å². The zero-order chi connectivity index (χ0) is 18.0. The molecule has 2 aromatic carbocycles. The Labute approximate surface area is 151 Å². The predicted molar refractivity (Wildman–Crippen MR) is 97.1 cm³/mol. The zero-order valence-electron chi connectivity index (χ0n) is 13.3. The summed E-state index contributed by atoms with van der Waals surface area (Å²) >= 11 is 6.12. The van der Waals surface area contributed by atoms with E-state index in [2.05, 4.69) is 0 Å². The van der Waals surface area contributed by atoms with Gasteiger partial charge in [-0.2, -0.15) is 0 Å². The third kappa shape index (κ3) is 3.67. The first-order valence-corrected chi connectivity index (χ1v) is 9.75. The first-order chi connectivity index (χ1) is 11.9. The summed E-state index contributed by atoms with van der Waals surface area (Å²) in [4.78, 5) is 11.6. The molecule has 128 valence electrons. The van der Waals surface area contributed by atoms with Crippen LogP contribution in [0.3, 0.4) is 0 Å². The number of hydrogen-bond acceptors (Lipinski definition) is 4. The molecule has 0 saturated heterocycles. The molecule has 1 aliphatic rings. The van der Waals surface area contributed by atoms with Crippen molar-refractivity contribution in [1.29, 1.82) is 0 Å². The Kier molecular flexibility index (Phi) is 4.79. The zero-order valence-corrected chi connectivity index (χ0v) is 14.9. The van der Waals surface area contributed by atoms with Gasteiger partial charge in [0.15, 0.2) is 22.2 Å². The number of halogens is 1. The van der Waals surface area contributed by atoms with E-state index in [9.17, 15) is 13.2 Å². The lowest BCUT2D eigenvalue weighted by Crippen LogP contribution is -2.11. The number of hydrogen-bond donors (Lipinski definition) is 0. The van der Waals surface area contributed by atoms with Gasteiger partial charge in [-0.3, -0.25) is 4.79 Å². The number of sulfone groups is 1. The van der Waals surface area contributed by atoms with E-state index < -0.39 is 15.9 Å². The van der Waals surface area contributed by atoms with E-state index in [4.69, 9.17) is 16.3 Å². The fourth-order valence-corrected chi connectivity index (χ4v) is 3.53. The van der Waals surface area contributed by atoms with Crippen LogP contribution in [0.4, 0.5) is 0 Å². The number of benzene rings is 2. The Morgan fingerprint density at radius 3 is 2.44 bits per heavy atom. The van der Waals surface area contributed by atoms with E-state index in [1.54, 1.807) is 42.5 Å². The summed E-state index contributed by atoms with van der Waals surface area (Å²) < 4.78 is 28.7. The average Bonchev–Trinajstić information content (AvgIpc) is 3.03. The lowest BCUT2D eigenvalue weighted by molar-refractivity contribution is -0.113. The molecule has 3 rings (SSSR count). The summed E-state index contributed by atoms with van der Waals surface area (Å²) in [6.45, 7) is 0. The van der Waals surface area contributed by atoms with E-state index in [1.807, 2.05) is 12.1 Å². The summed E-state index contributed by atoms with van der Waals surface area (Å²) in [6.07, 6.45) is 4.39. The lowest BCUT2D eigenvalue weighted by Gasteiger charge is -2.15. The van der Waals surface area contributed by atoms with Gasteiger partial charge < -0.3 is 4.74 Å². The fourth-order valence-electron chi connectivity index (χ4n) is 2.71. The topological polar surface area (TPSA) is 60.4 Å². The highest BCUT2D eigenvalue weighted by Crippen LogP contribution is 2.33. The maximum Gasteiger partial charge on any atom is 0.178 e. The highest BCUT2D eigenvalue weighted by atomic mass is 35.5. The first kappa shape index (κ1) is 17.5. The molecule has 25 heavy (non-hydrogen) atoms. The molecule has 1 aliphatic heterocycles. The summed E-state index contributed by atoms with van der Waals surface area (Å²) in [5.41, 5.74) is 3.06. The third-order valence-electron chi connectivity index (χ3n) is 3.88. The van der Waals surface area contributed by atoms with E-state index in [0.29, 0.717) is 10.6 Å². The third-order valence-corrected chi connectivity index (χ3v) is 5.24. The molecule has 0 N–H and O–H groups in total. The van der Waals surface area contributed by atoms with E-state index in [0.717, 1.165) is 29.2 Å². The van der Waals surface area contributed by atoms with Crippen molar-refractivity contribution in [3.05, 3.63) is 82.6 Å². The summed E-state index contributed by atoms with van der Waals surface area (Å²) in [5.74, 6) is 0. The molecule has 0 radical (unpaired) electrons. The molecule has 4 nitrogen and oxygen atoms in total. The maximum atomic E-state index is 11.7. The quantitative estimate of drug-likeness (QED) is 0.766. The molecule has 0 aliphatic carbocycles. The van der Waals surface area contributed by atoms with Crippen LogP contribution < -0.4 is 0 Å². The van der Waals surface area contributed by atoms with E-state index in [1.165, 1.54) is 6.26 Å². The highest BCUT2D eigenvalue weighted by molar-refractivity contribution is 7.90. The van der Waals surface area contributed by atoms with E-state index >= 15 is 0 Å². The van der Waals surface area contributed by atoms with Crippen molar-refractivity contribution in [2.75, 3.05) is 6.26 Å². The van der Waals surface area contributed by atoms with Gasteiger partial charge in [-0.05, 0) is 47.0 Å². The minimum Gasteiger partial charge on any atom is -0.486 e. The van der Waals surface area contributed by atoms with Gasteiger partial charge in [0, 0.05) is 16.9 Å². The normalized spacial score (nSPS) is 18.7. The van der Waals surface area contributed by atoms with Crippen molar-refractivity contribution in [3.8, 4) is 0 Å². The van der Waals surface area contributed by atoms with Crippen molar-refractivity contribution in [2.45, 2.75) is 11.0 Å². The molecular formula is C19H15ClO4S. The van der Waals surface area contributed by atoms with Gasteiger partial charge in [0.05, 0.1) is 11.2 Å². The van der Waals surface area contributed by atoms with Crippen LogP contribution in [0.1, 0.15) is 11.1 Å². The van der Waals surface area contributed by atoms with Gasteiger partial charge in [0.25, 0.3) is 0 Å². The molecule has 0 spiro atoms. The van der Waals surface area contributed by atoms with Crippen LogP contribution in [-0.2, 0) is 19.4 Å². The monoisotopic (exact) mass is 374 g/mol. The Hall–Kier alpha value is -2.37. The minimum atomic E-state index is -3.28. The summed E-state index contributed by atoms with van der Waals surface area (Å²) in [5, 5.41) is 0.564. The Balaban J connectivity index is 2.21. The molecule has 1 heterocycles. The van der Waals surface area contributed by atoms with Gasteiger partial charge in [-0.1, -0.05) is 35.9 Å². The highest BCUT2D eigenvalue weighted by Gasteiger charge is 2.23. The van der Waals surface area contributed by atoms with Gasteiger partial charge in [0.1, 0.15) is 0 Å². The fraction of sp³-hybridized carbons (Fsp3) is 0.105. The molecule has 2 aromatic rings. The van der Waals surface area contributed by atoms with Gasteiger partial charge in [-0.25, -0.2) is 8.42 Å². The number of aldehydes is 1. The minimum absolute atomic E-state index is 0.233. The number of carbonyl (C=O) groups excluding carboxylic acids is 1. The van der Waals surface area contributed by atoms with Crippen LogP contribution in [0.15, 0.2) is 71.3 Å². The van der Waals surface area contributed by atoms with Crippen LogP contribution >= 0.6 is 11.6 Å². The molecule has 0 fully saturated rings. The molecule has 1 unspecified atom stereocenters. The Morgan fingerprint density at radius 2 is 1.84 bits per heavy atom. The van der Waals surface area contributed by atoms with Gasteiger partial charge in [-0.15, -0.1) is 0 Å². The van der Waals surface area contributed by atoms with E-state index in [-0.39, 0.29) is 4.90 Å².